The molecule has 6 aliphatic heterocycles. The zero-order valence-electron chi connectivity index (χ0n) is 47.9. The number of phenolic OH excluding ortho intramolecular Hbond substituents is 1. The number of aromatic nitrogens is 2. The van der Waals surface area contributed by atoms with E-state index in [1.807, 2.05) is 45.3 Å². The summed E-state index contributed by atoms with van der Waals surface area (Å²) in [6, 6.07) is 18.4. The Morgan fingerprint density at radius 3 is 2.17 bits per heavy atom. The van der Waals surface area contributed by atoms with E-state index in [4.69, 9.17) is 31.2 Å². The van der Waals surface area contributed by atoms with E-state index in [-0.39, 0.29) is 41.4 Å². The zero-order valence-corrected chi connectivity index (χ0v) is 48.7. The molecule has 434 valence electrons. The normalized spacial score (nSPS) is 25.2. The minimum atomic E-state index is -0.512. The van der Waals surface area contributed by atoms with Crippen molar-refractivity contribution in [3.05, 3.63) is 100 Å². The minimum Gasteiger partial charge on any atom is -0.507 e. The van der Waals surface area contributed by atoms with Gasteiger partial charge in [-0.05, 0) is 126 Å². The number of fused-ring (bicyclic) bond motifs is 2. The number of nitrogens with two attached hydrogens (primary N) is 3. The number of aromatic hydroxyl groups is 1. The Morgan fingerprint density at radius 1 is 0.863 bits per heavy atom. The molecule has 7 fully saturated rings. The number of amides is 2. The van der Waals surface area contributed by atoms with Gasteiger partial charge in [-0.15, -0.1) is 11.3 Å². The first kappa shape index (κ1) is 57.5. The molecule has 8 heterocycles. The number of para-hydroxylation sites is 1. The fraction of sp³-hybridized carbons (Fsp3) is 0.607. The van der Waals surface area contributed by atoms with Gasteiger partial charge in [0.15, 0.2) is 11.6 Å². The van der Waals surface area contributed by atoms with Crippen LogP contribution in [0, 0.1) is 18.8 Å². The van der Waals surface area contributed by atoms with Crippen LogP contribution in [0.1, 0.15) is 120 Å². The van der Waals surface area contributed by atoms with Crippen molar-refractivity contribution in [2.45, 2.75) is 140 Å². The SMILES string of the molecule is CN1C2CCC1CN(C(/C=C(\N)c1ccccc1O)=C(N)N)C2.Cc1ncsc1-c1ccc(C(C)NC(=O)C2CCCN2C(=O)C(c2cc(N3CCC(OC4CCN(CC5CC(N6CCOCC6)C5)CC4)CC3)no2)C(C)C)cc1. The van der Waals surface area contributed by atoms with Crippen LogP contribution in [0.4, 0.5) is 5.82 Å². The number of aryl methyl sites for hydroxylation is 1. The van der Waals surface area contributed by atoms with E-state index < -0.39 is 12.0 Å². The van der Waals surface area contributed by atoms with Crippen molar-refractivity contribution in [1.82, 2.24) is 40.0 Å². The number of allylic oxidation sites excluding steroid dienone is 1. The largest absolute Gasteiger partial charge is 0.507 e. The Balaban J connectivity index is 0.000000261. The lowest BCUT2D eigenvalue weighted by molar-refractivity contribution is -0.141. The minimum absolute atomic E-state index is 0.0199. The Hall–Kier alpha value is -5.70. The molecule has 2 aromatic heterocycles. The third kappa shape index (κ3) is 13.5. The highest BCUT2D eigenvalue weighted by atomic mass is 32.1. The number of morpholine rings is 1. The second-order valence-corrected chi connectivity index (χ2v) is 24.8. The van der Waals surface area contributed by atoms with Crippen LogP contribution in [0.15, 0.2) is 82.2 Å². The maximum absolute atomic E-state index is 14.2. The van der Waals surface area contributed by atoms with Crippen LogP contribution in [0.3, 0.4) is 0 Å². The lowest BCUT2D eigenvalue weighted by Crippen LogP contribution is -2.52. The van der Waals surface area contributed by atoms with Gasteiger partial charge in [-0.2, -0.15) is 0 Å². The second-order valence-electron chi connectivity index (χ2n) is 24.0. The number of piperazine rings is 1. The number of thiazole rings is 1. The molecule has 8 N–H and O–H groups in total. The first-order valence-corrected chi connectivity index (χ1v) is 30.5. The predicted octanol–water partition coefficient (Wildman–Crippen LogP) is 6.83. The Morgan fingerprint density at radius 2 is 1.54 bits per heavy atom. The quantitative estimate of drug-likeness (QED) is 0.0726. The third-order valence-electron chi connectivity index (χ3n) is 18.3. The summed E-state index contributed by atoms with van der Waals surface area (Å²) in [5.74, 6) is 1.90. The molecule has 1 saturated carbocycles. The highest BCUT2D eigenvalue weighted by Gasteiger charge is 2.42. The average molecular weight is 1120 g/mol. The topological polar surface area (TPSA) is 221 Å². The number of piperidine rings is 2. The Bertz CT molecular complexity index is 2740. The van der Waals surface area contributed by atoms with Crippen LogP contribution in [-0.4, -0.2) is 174 Å². The van der Waals surface area contributed by atoms with Gasteiger partial charge in [-0.3, -0.25) is 19.4 Å². The van der Waals surface area contributed by atoms with E-state index in [1.165, 1.54) is 32.2 Å². The van der Waals surface area contributed by atoms with Crippen LogP contribution < -0.4 is 27.4 Å². The molecular formula is C61H88N12O6S. The van der Waals surface area contributed by atoms with E-state index in [0.717, 1.165) is 143 Å². The van der Waals surface area contributed by atoms with Gasteiger partial charge in [0.2, 0.25) is 11.8 Å². The molecule has 19 heteroatoms. The summed E-state index contributed by atoms with van der Waals surface area (Å²) in [6.45, 7) is 19.7. The molecule has 2 amide bonds. The van der Waals surface area contributed by atoms with Gasteiger partial charge in [-0.1, -0.05) is 55.4 Å². The van der Waals surface area contributed by atoms with Gasteiger partial charge in [0.25, 0.3) is 0 Å². The average Bonchev–Trinajstić information content (AvgIpc) is 4.43. The molecule has 2 bridgehead atoms. The molecular weight excluding hydrogens is 1030 g/mol. The standard InChI is InChI=1S/C44H63N7O5S.C17H25N5O/c1-29(2)41(44(53)51-15-5-6-38(51)43(52)46-30(3)33-7-9-34(10-8-33)42-31(4)45-28-57-42)39-26-40(47-56-39)50-18-13-37(14-19-50)55-36-11-16-48(17-12-36)27-32-24-35(25-32)49-20-22-54-23-21-49;1-21-11-6-7-12(21)10-22(9-11)15(17(19)20)8-14(18)13-4-2-3-5-16(13)23/h7-10,26,28-30,32,35-38,41H,5-6,11-25,27H2,1-4H3,(H,46,52);2-5,8,11-12,23H,6-7,9-10,18-20H2,1H3/b;14-8-. The summed E-state index contributed by atoms with van der Waals surface area (Å²) in [6.07, 6.45) is 13.1. The first-order chi connectivity index (χ1) is 38.7. The van der Waals surface area contributed by atoms with Gasteiger partial charge >= 0.3 is 0 Å². The first-order valence-electron chi connectivity index (χ1n) is 29.7. The van der Waals surface area contributed by atoms with Gasteiger partial charge in [0.05, 0.1) is 53.2 Å². The van der Waals surface area contributed by atoms with Crippen molar-refractivity contribution in [3.63, 3.8) is 0 Å². The van der Waals surface area contributed by atoms with Crippen molar-refractivity contribution >= 4 is 34.7 Å². The van der Waals surface area contributed by atoms with Crippen molar-refractivity contribution < 1.29 is 28.7 Å². The summed E-state index contributed by atoms with van der Waals surface area (Å²) >= 11 is 1.63. The number of benzene rings is 2. The van der Waals surface area contributed by atoms with E-state index >= 15 is 0 Å². The molecule has 5 unspecified atom stereocenters. The number of phenols is 1. The highest BCUT2D eigenvalue weighted by molar-refractivity contribution is 7.13. The number of nitrogens with zero attached hydrogens (tertiary/aromatic N) is 8. The molecule has 1 aliphatic carbocycles. The van der Waals surface area contributed by atoms with Crippen LogP contribution in [0.25, 0.3) is 16.1 Å². The number of hydrogen-bond donors (Lipinski definition) is 5. The fourth-order valence-corrected chi connectivity index (χ4v) is 14.3. The van der Waals surface area contributed by atoms with Crippen molar-refractivity contribution in [3.8, 4) is 16.2 Å². The lowest BCUT2D eigenvalue weighted by Gasteiger charge is -2.46. The van der Waals surface area contributed by atoms with Crippen LogP contribution in [0.5, 0.6) is 5.75 Å². The number of rotatable bonds is 16. The van der Waals surface area contributed by atoms with E-state index in [9.17, 15) is 14.7 Å². The van der Waals surface area contributed by atoms with E-state index in [0.29, 0.717) is 48.2 Å². The van der Waals surface area contributed by atoms with Crippen LogP contribution in [0.2, 0.25) is 0 Å². The zero-order chi connectivity index (χ0) is 56.0. The third-order valence-corrected chi connectivity index (χ3v) is 19.3. The molecule has 7 aliphatic rings. The number of likely N-dealkylation sites (N-methyl/N-ethyl adjacent to an activating group) is 1. The molecule has 80 heavy (non-hydrogen) atoms. The van der Waals surface area contributed by atoms with Crippen LogP contribution in [-0.2, 0) is 19.1 Å². The van der Waals surface area contributed by atoms with Crippen molar-refractivity contribution in [1.29, 1.82) is 0 Å². The molecule has 0 radical (unpaired) electrons. The van der Waals surface area contributed by atoms with Crippen LogP contribution >= 0.6 is 11.3 Å². The van der Waals surface area contributed by atoms with Gasteiger partial charge in [0, 0.05) is 101 Å². The van der Waals surface area contributed by atoms with Crippen molar-refractivity contribution in [2.24, 2.45) is 29.0 Å². The molecule has 11 rings (SSSR count). The van der Waals surface area contributed by atoms with Crippen molar-refractivity contribution in [2.75, 3.05) is 90.6 Å². The number of carbonyl (C=O) groups excluding carboxylic acids is 2. The maximum atomic E-state index is 14.2. The number of anilines is 1. The summed E-state index contributed by atoms with van der Waals surface area (Å²) < 4.78 is 18.1. The summed E-state index contributed by atoms with van der Waals surface area (Å²) in [7, 11) is 2.18. The van der Waals surface area contributed by atoms with Gasteiger partial charge < -0.3 is 61.2 Å². The second kappa shape index (κ2) is 26.0. The maximum Gasteiger partial charge on any atom is 0.243 e. The van der Waals surface area contributed by atoms with Gasteiger partial charge in [0.1, 0.15) is 23.5 Å². The molecule has 4 aromatic rings. The molecule has 0 spiro atoms. The van der Waals surface area contributed by atoms with Gasteiger partial charge in [-0.25, -0.2) is 4.98 Å². The molecule has 18 nitrogen and oxygen atoms in total. The smallest absolute Gasteiger partial charge is 0.243 e. The number of hydrogen-bond acceptors (Lipinski definition) is 17. The lowest BCUT2D eigenvalue weighted by atomic mass is 9.78. The summed E-state index contributed by atoms with van der Waals surface area (Å²) in [5, 5.41) is 17.6. The number of carbonyl (C=O) groups is 2. The Labute approximate surface area is 477 Å². The summed E-state index contributed by atoms with van der Waals surface area (Å²) in [4.78, 5) is 47.4. The number of nitrogens with one attached hydrogen (secondary N) is 1. The summed E-state index contributed by atoms with van der Waals surface area (Å²) in [5.41, 5.74) is 24.8. The highest BCUT2D eigenvalue weighted by Crippen LogP contribution is 2.37. The fourth-order valence-electron chi connectivity index (χ4n) is 13.5. The number of likely N-dealkylation sites (tertiary alicyclic amines) is 3. The van der Waals surface area contributed by atoms with E-state index in [2.05, 4.69) is 71.3 Å². The van der Waals surface area contributed by atoms with E-state index in [1.54, 1.807) is 40.5 Å². The molecule has 5 atom stereocenters. The molecule has 6 saturated heterocycles. The molecule has 2 aromatic carbocycles. The number of ether oxygens (including phenoxy) is 2. The predicted molar refractivity (Wildman–Crippen MR) is 314 cm³/mol. The monoisotopic (exact) mass is 1120 g/mol. The Kier molecular flexibility index (Phi) is 18.7.